The van der Waals surface area contributed by atoms with Gasteiger partial charge < -0.3 is 8.98 Å². The second kappa shape index (κ2) is 9.79. The quantitative estimate of drug-likeness (QED) is 0.214. The van der Waals surface area contributed by atoms with Crippen LogP contribution in [0.2, 0.25) is 0 Å². The molecule has 0 amide bonds. The largest absolute Gasteiger partial charge is 0.450 e. The van der Waals surface area contributed by atoms with Crippen LogP contribution in [0, 0.1) is 0 Å². The predicted octanol–water partition coefficient (Wildman–Crippen LogP) is 10.5. The zero-order valence-corrected chi connectivity index (χ0v) is 23.7. The lowest BCUT2D eigenvalue weighted by molar-refractivity contribution is 0.669. The van der Waals surface area contributed by atoms with Gasteiger partial charge in [0.25, 0.3) is 0 Å². The molecule has 0 spiro atoms. The smallest absolute Gasteiger partial charge is 0.180 e. The topological polar surface area (TPSA) is 43.9 Å². The Balaban J connectivity index is 1.40. The number of furan rings is 1. The lowest BCUT2D eigenvalue weighted by Crippen LogP contribution is -1.94. The zero-order chi connectivity index (χ0) is 29.0. The number of nitrogens with zero attached hydrogens (tertiary/aromatic N) is 3. The first-order chi connectivity index (χ1) is 21.8. The predicted molar refractivity (Wildman–Crippen MR) is 180 cm³/mol. The van der Waals surface area contributed by atoms with Crippen LogP contribution < -0.4 is 0 Å². The Hall–Kier alpha value is -6.00. The van der Waals surface area contributed by atoms with Crippen LogP contribution in [0.25, 0.3) is 83.3 Å². The Bertz CT molecular complexity index is 2480. The number of fused-ring (bicyclic) bond motifs is 7. The molecule has 0 aliphatic rings. The number of hydrogen-bond acceptors (Lipinski definition) is 3. The highest BCUT2D eigenvalue weighted by Gasteiger charge is 2.23. The van der Waals surface area contributed by atoms with Crippen molar-refractivity contribution in [1.29, 1.82) is 0 Å². The maximum atomic E-state index is 6.90. The van der Waals surface area contributed by atoms with Crippen molar-refractivity contribution in [3.05, 3.63) is 152 Å². The van der Waals surface area contributed by atoms with E-state index >= 15 is 0 Å². The summed E-state index contributed by atoms with van der Waals surface area (Å²) in [6, 6.07) is 52.5. The molecule has 3 heterocycles. The molecule has 0 aliphatic carbocycles. The van der Waals surface area contributed by atoms with E-state index in [4.69, 9.17) is 14.4 Å². The molecule has 0 radical (unpaired) electrons. The summed E-state index contributed by atoms with van der Waals surface area (Å²) in [6.07, 6.45) is 0. The summed E-state index contributed by atoms with van der Waals surface area (Å²) in [4.78, 5) is 10.2. The minimum Gasteiger partial charge on any atom is -0.450 e. The van der Waals surface area contributed by atoms with E-state index in [1.165, 1.54) is 10.9 Å². The van der Waals surface area contributed by atoms with Crippen molar-refractivity contribution in [2.45, 2.75) is 0 Å². The average molecular weight is 564 g/mol. The molecule has 0 fully saturated rings. The van der Waals surface area contributed by atoms with E-state index in [1.807, 2.05) is 48.5 Å². The SMILES string of the molecule is c1ccc(-c2cccc(-n3c4ccccc4c4ccc5c6nc(-c7ccccc7)nc(-c7ccccc7)c6oc5c43)c2)cc1. The first kappa shape index (κ1) is 24.6. The van der Waals surface area contributed by atoms with E-state index in [2.05, 4.69) is 108 Å². The Morgan fingerprint density at radius 3 is 1.86 bits per heavy atom. The summed E-state index contributed by atoms with van der Waals surface area (Å²) in [5.41, 5.74) is 10.6. The molecule has 4 nitrogen and oxygen atoms in total. The van der Waals surface area contributed by atoms with Gasteiger partial charge in [-0.2, -0.15) is 0 Å². The Morgan fingerprint density at radius 2 is 1.09 bits per heavy atom. The third kappa shape index (κ3) is 3.78. The number of hydrogen-bond donors (Lipinski definition) is 0. The monoisotopic (exact) mass is 563 g/mol. The summed E-state index contributed by atoms with van der Waals surface area (Å²) in [5, 5.41) is 3.27. The fraction of sp³-hybridized carbons (Fsp3) is 0. The summed E-state index contributed by atoms with van der Waals surface area (Å²) in [6.45, 7) is 0. The van der Waals surface area contributed by atoms with Gasteiger partial charge in [0, 0.05) is 33.0 Å². The van der Waals surface area contributed by atoms with Gasteiger partial charge in [0.1, 0.15) is 11.2 Å². The molecular formula is C40H25N3O. The van der Waals surface area contributed by atoms with Gasteiger partial charge >= 0.3 is 0 Å². The average Bonchev–Trinajstić information content (AvgIpc) is 3.65. The van der Waals surface area contributed by atoms with Crippen molar-refractivity contribution < 1.29 is 4.42 Å². The molecule has 4 heteroatoms. The molecule has 0 saturated heterocycles. The molecular weight excluding hydrogens is 538 g/mol. The molecule has 0 bridgehead atoms. The molecule has 9 aromatic rings. The lowest BCUT2D eigenvalue weighted by atomic mass is 10.1. The molecule has 6 aromatic carbocycles. The molecule has 206 valence electrons. The maximum absolute atomic E-state index is 6.90. The molecule has 0 aliphatic heterocycles. The molecule has 9 rings (SSSR count). The first-order valence-electron chi connectivity index (χ1n) is 14.8. The van der Waals surface area contributed by atoms with Gasteiger partial charge in [0.2, 0.25) is 0 Å². The third-order valence-corrected chi connectivity index (χ3v) is 8.41. The lowest BCUT2D eigenvalue weighted by Gasteiger charge is -2.10. The minimum absolute atomic E-state index is 0.677. The van der Waals surface area contributed by atoms with Crippen LogP contribution in [-0.2, 0) is 0 Å². The van der Waals surface area contributed by atoms with Crippen molar-refractivity contribution in [2.75, 3.05) is 0 Å². The normalized spacial score (nSPS) is 11.6. The molecule has 0 N–H and O–H groups in total. The summed E-state index contributed by atoms with van der Waals surface area (Å²) in [5.74, 6) is 0.677. The number of rotatable bonds is 4. The fourth-order valence-electron chi connectivity index (χ4n) is 6.38. The van der Waals surface area contributed by atoms with E-state index in [0.717, 1.165) is 61.0 Å². The molecule has 0 saturated carbocycles. The highest BCUT2D eigenvalue weighted by Crippen LogP contribution is 2.42. The van der Waals surface area contributed by atoms with E-state index in [1.54, 1.807) is 0 Å². The van der Waals surface area contributed by atoms with Crippen molar-refractivity contribution in [3.63, 3.8) is 0 Å². The Kier molecular flexibility index (Phi) is 5.47. The van der Waals surface area contributed by atoms with Crippen LogP contribution >= 0.6 is 0 Å². The summed E-state index contributed by atoms with van der Waals surface area (Å²) < 4.78 is 9.23. The molecule has 3 aromatic heterocycles. The Morgan fingerprint density at radius 1 is 0.455 bits per heavy atom. The van der Waals surface area contributed by atoms with Crippen LogP contribution in [0.3, 0.4) is 0 Å². The van der Waals surface area contributed by atoms with Gasteiger partial charge in [-0.25, -0.2) is 9.97 Å². The summed E-state index contributed by atoms with van der Waals surface area (Å²) >= 11 is 0. The maximum Gasteiger partial charge on any atom is 0.180 e. The van der Waals surface area contributed by atoms with Gasteiger partial charge in [-0.1, -0.05) is 127 Å². The number of benzene rings is 6. The molecule has 0 atom stereocenters. The highest BCUT2D eigenvalue weighted by molar-refractivity contribution is 6.21. The minimum atomic E-state index is 0.677. The van der Waals surface area contributed by atoms with E-state index in [-0.39, 0.29) is 0 Å². The highest BCUT2D eigenvalue weighted by atomic mass is 16.3. The van der Waals surface area contributed by atoms with Crippen LogP contribution in [-0.4, -0.2) is 14.5 Å². The summed E-state index contributed by atoms with van der Waals surface area (Å²) in [7, 11) is 0. The molecule has 44 heavy (non-hydrogen) atoms. The van der Waals surface area contributed by atoms with Gasteiger partial charge in [0.15, 0.2) is 17.0 Å². The second-order valence-electron chi connectivity index (χ2n) is 11.0. The van der Waals surface area contributed by atoms with Gasteiger partial charge in [0.05, 0.1) is 11.0 Å². The van der Waals surface area contributed by atoms with Crippen LogP contribution in [0.1, 0.15) is 0 Å². The van der Waals surface area contributed by atoms with Crippen molar-refractivity contribution in [2.24, 2.45) is 0 Å². The van der Waals surface area contributed by atoms with Gasteiger partial charge in [-0.3, -0.25) is 0 Å². The van der Waals surface area contributed by atoms with E-state index in [9.17, 15) is 0 Å². The van der Waals surface area contributed by atoms with Crippen LogP contribution in [0.5, 0.6) is 0 Å². The van der Waals surface area contributed by atoms with Gasteiger partial charge in [-0.05, 0) is 35.4 Å². The van der Waals surface area contributed by atoms with Crippen molar-refractivity contribution in [3.8, 4) is 39.5 Å². The fourth-order valence-corrected chi connectivity index (χ4v) is 6.38. The van der Waals surface area contributed by atoms with Crippen LogP contribution in [0.15, 0.2) is 156 Å². The standard InChI is InChI=1S/C40H25N3O/c1-4-13-26(14-5-1)29-19-12-20-30(25-29)43-34-22-11-10-21-31(34)32-23-24-33-36-39(44-38(33)37(32)43)35(27-15-6-2-7-16-27)41-40(42-36)28-17-8-3-9-18-28/h1-25H. The number of para-hydroxylation sites is 1. The van der Waals surface area contributed by atoms with Gasteiger partial charge in [-0.15, -0.1) is 0 Å². The number of aromatic nitrogens is 3. The third-order valence-electron chi connectivity index (χ3n) is 8.41. The zero-order valence-electron chi connectivity index (χ0n) is 23.7. The Labute approximate surface area is 253 Å². The van der Waals surface area contributed by atoms with Crippen molar-refractivity contribution >= 4 is 43.9 Å². The second-order valence-corrected chi connectivity index (χ2v) is 11.0. The first-order valence-corrected chi connectivity index (χ1v) is 14.8. The van der Waals surface area contributed by atoms with Crippen LogP contribution in [0.4, 0.5) is 0 Å². The van der Waals surface area contributed by atoms with E-state index < -0.39 is 0 Å². The molecule has 0 unspecified atom stereocenters. The van der Waals surface area contributed by atoms with Crippen molar-refractivity contribution in [1.82, 2.24) is 14.5 Å². The van der Waals surface area contributed by atoms with E-state index in [0.29, 0.717) is 11.4 Å².